The van der Waals surface area contributed by atoms with Crippen molar-refractivity contribution in [3.8, 4) is 11.5 Å². The van der Waals surface area contributed by atoms with Gasteiger partial charge < -0.3 is 18.9 Å². The predicted molar refractivity (Wildman–Crippen MR) is 138 cm³/mol. The Morgan fingerprint density at radius 2 is 1.08 bits per heavy atom. The molecular formula is C30H34O6. The highest BCUT2D eigenvalue weighted by molar-refractivity contribution is 5.90. The van der Waals surface area contributed by atoms with Gasteiger partial charge in [-0.1, -0.05) is 58.0 Å². The molecule has 190 valence electrons. The Kier molecular flexibility index (Phi) is 9.92. The third kappa shape index (κ3) is 8.45. The molecule has 3 aromatic rings. The minimum atomic E-state index is -0.756. The number of hydrogen-bond acceptors (Lipinski definition) is 6. The molecule has 0 bridgehead atoms. The molecule has 3 rings (SSSR count). The zero-order valence-electron chi connectivity index (χ0n) is 21.3. The summed E-state index contributed by atoms with van der Waals surface area (Å²) in [4.78, 5) is 25.5. The van der Waals surface area contributed by atoms with Gasteiger partial charge in [0.25, 0.3) is 0 Å². The summed E-state index contributed by atoms with van der Waals surface area (Å²) in [5.74, 6) is 1.17. The average Bonchev–Trinajstić information content (AvgIpc) is 2.89. The lowest BCUT2D eigenvalue weighted by atomic mass is 10.1. The molecule has 1 atom stereocenters. The third-order valence-corrected chi connectivity index (χ3v) is 5.13. The molecule has 0 saturated heterocycles. The number of carbonyl (C=O) groups is 2. The molecule has 0 radical (unpaired) electrons. The average molecular weight is 491 g/mol. The summed E-state index contributed by atoms with van der Waals surface area (Å²) in [5.41, 5.74) is 1.51. The van der Waals surface area contributed by atoms with Crippen LogP contribution in [0.15, 0.2) is 78.9 Å². The summed E-state index contributed by atoms with van der Waals surface area (Å²) >= 11 is 0. The van der Waals surface area contributed by atoms with Gasteiger partial charge in [-0.15, -0.1) is 0 Å². The largest absolute Gasteiger partial charge is 0.493 e. The topological polar surface area (TPSA) is 71.1 Å². The molecule has 3 aromatic carbocycles. The lowest BCUT2D eigenvalue weighted by Crippen LogP contribution is -2.19. The van der Waals surface area contributed by atoms with Gasteiger partial charge in [-0.2, -0.15) is 0 Å². The first-order chi connectivity index (χ1) is 17.3. The second-order valence-corrected chi connectivity index (χ2v) is 9.36. The van der Waals surface area contributed by atoms with Gasteiger partial charge in [-0.05, 0) is 65.9 Å². The second kappa shape index (κ2) is 13.3. The second-order valence-electron chi connectivity index (χ2n) is 9.36. The maximum Gasteiger partial charge on any atom is 0.338 e. The number of ether oxygens (including phenoxy) is 4. The van der Waals surface area contributed by atoms with E-state index in [1.165, 1.54) is 0 Å². The quantitative estimate of drug-likeness (QED) is 0.270. The van der Waals surface area contributed by atoms with Crippen molar-refractivity contribution in [1.29, 1.82) is 0 Å². The minimum Gasteiger partial charge on any atom is -0.493 e. The van der Waals surface area contributed by atoms with Crippen molar-refractivity contribution in [3.63, 3.8) is 0 Å². The summed E-state index contributed by atoms with van der Waals surface area (Å²) in [7, 11) is 0. The Balaban J connectivity index is 1.63. The molecule has 0 fully saturated rings. The highest BCUT2D eigenvalue weighted by atomic mass is 16.6. The van der Waals surface area contributed by atoms with E-state index in [1.807, 2.05) is 30.3 Å². The molecule has 0 aliphatic carbocycles. The maximum atomic E-state index is 12.8. The highest BCUT2D eigenvalue weighted by Crippen LogP contribution is 2.22. The molecule has 0 aliphatic rings. The summed E-state index contributed by atoms with van der Waals surface area (Å²) in [6.07, 6.45) is -0.756. The van der Waals surface area contributed by atoms with Gasteiger partial charge >= 0.3 is 11.9 Å². The number of benzene rings is 3. The van der Waals surface area contributed by atoms with Crippen LogP contribution >= 0.6 is 0 Å². The Morgan fingerprint density at radius 3 is 1.56 bits per heavy atom. The van der Waals surface area contributed by atoms with Crippen molar-refractivity contribution in [3.05, 3.63) is 95.6 Å². The van der Waals surface area contributed by atoms with E-state index in [0.717, 1.165) is 5.56 Å². The van der Waals surface area contributed by atoms with Crippen molar-refractivity contribution in [2.75, 3.05) is 19.8 Å². The first kappa shape index (κ1) is 26.8. The van der Waals surface area contributed by atoms with E-state index >= 15 is 0 Å². The van der Waals surface area contributed by atoms with E-state index < -0.39 is 18.0 Å². The highest BCUT2D eigenvalue weighted by Gasteiger charge is 2.21. The van der Waals surface area contributed by atoms with Crippen LogP contribution in [0.4, 0.5) is 0 Å². The Hall–Kier alpha value is -3.80. The number of hydrogen-bond donors (Lipinski definition) is 0. The summed E-state index contributed by atoms with van der Waals surface area (Å²) in [5, 5.41) is 0. The number of esters is 2. The van der Waals surface area contributed by atoms with Gasteiger partial charge in [-0.25, -0.2) is 9.59 Å². The van der Waals surface area contributed by atoms with Crippen LogP contribution < -0.4 is 9.47 Å². The van der Waals surface area contributed by atoms with E-state index in [-0.39, 0.29) is 6.61 Å². The number of rotatable bonds is 12. The molecule has 0 saturated carbocycles. The summed E-state index contributed by atoms with van der Waals surface area (Å²) < 4.78 is 22.6. The van der Waals surface area contributed by atoms with Crippen LogP contribution in [-0.4, -0.2) is 31.8 Å². The Bertz CT molecular complexity index is 1090. The Morgan fingerprint density at radius 1 is 0.611 bits per heavy atom. The number of carbonyl (C=O) groups excluding carboxylic acids is 2. The van der Waals surface area contributed by atoms with Crippen LogP contribution in [-0.2, 0) is 9.47 Å². The summed E-state index contributed by atoms with van der Waals surface area (Å²) in [6, 6.07) is 22.8. The Labute approximate surface area is 213 Å². The van der Waals surface area contributed by atoms with Gasteiger partial charge in [-0.3, -0.25) is 0 Å². The van der Waals surface area contributed by atoms with Crippen molar-refractivity contribution in [1.82, 2.24) is 0 Å². The van der Waals surface area contributed by atoms with Crippen LogP contribution in [0.1, 0.15) is 60.1 Å². The minimum absolute atomic E-state index is 0.115. The van der Waals surface area contributed by atoms with E-state index in [2.05, 4.69) is 27.7 Å². The van der Waals surface area contributed by atoms with Gasteiger partial charge in [0.05, 0.1) is 24.3 Å². The van der Waals surface area contributed by atoms with Crippen LogP contribution in [0.2, 0.25) is 0 Å². The van der Waals surface area contributed by atoms with Crippen LogP contribution in [0.25, 0.3) is 0 Å². The molecule has 6 nitrogen and oxygen atoms in total. The molecule has 0 N–H and O–H groups in total. The molecule has 6 heteroatoms. The molecular weight excluding hydrogens is 456 g/mol. The molecule has 0 aliphatic heterocycles. The summed E-state index contributed by atoms with van der Waals surface area (Å²) in [6.45, 7) is 9.36. The fourth-order valence-corrected chi connectivity index (χ4v) is 3.20. The van der Waals surface area contributed by atoms with E-state index in [4.69, 9.17) is 18.9 Å². The smallest absolute Gasteiger partial charge is 0.338 e. The molecule has 0 amide bonds. The predicted octanol–water partition coefficient (Wildman–Crippen LogP) is 6.51. The first-order valence-corrected chi connectivity index (χ1v) is 12.2. The van der Waals surface area contributed by atoms with Gasteiger partial charge in [0.1, 0.15) is 18.1 Å². The fourth-order valence-electron chi connectivity index (χ4n) is 3.20. The molecule has 0 heterocycles. The van der Waals surface area contributed by atoms with Crippen molar-refractivity contribution in [2.45, 2.75) is 33.8 Å². The van der Waals surface area contributed by atoms with Crippen molar-refractivity contribution < 1.29 is 28.5 Å². The third-order valence-electron chi connectivity index (χ3n) is 5.13. The normalized spacial score (nSPS) is 11.7. The van der Waals surface area contributed by atoms with Crippen LogP contribution in [0, 0.1) is 11.8 Å². The maximum absolute atomic E-state index is 12.8. The van der Waals surface area contributed by atoms with E-state index in [9.17, 15) is 9.59 Å². The van der Waals surface area contributed by atoms with E-state index in [1.54, 1.807) is 48.5 Å². The molecule has 0 spiro atoms. The monoisotopic (exact) mass is 490 g/mol. The van der Waals surface area contributed by atoms with Gasteiger partial charge in [0, 0.05) is 0 Å². The zero-order valence-corrected chi connectivity index (χ0v) is 21.3. The van der Waals surface area contributed by atoms with Crippen molar-refractivity contribution >= 4 is 11.9 Å². The van der Waals surface area contributed by atoms with Crippen LogP contribution in [0.3, 0.4) is 0 Å². The van der Waals surface area contributed by atoms with Gasteiger partial charge in [0.2, 0.25) is 0 Å². The van der Waals surface area contributed by atoms with Crippen molar-refractivity contribution in [2.24, 2.45) is 11.8 Å². The molecule has 0 unspecified atom stereocenters. The SMILES string of the molecule is CC(C)COc1ccc(C(=O)OC[C@@H](OC(=O)c2ccc(OCC(C)C)cc2)c2ccccc2)cc1. The van der Waals surface area contributed by atoms with E-state index in [0.29, 0.717) is 47.7 Å². The lowest BCUT2D eigenvalue weighted by molar-refractivity contribution is -0.00134. The first-order valence-electron chi connectivity index (χ1n) is 12.2. The zero-order chi connectivity index (χ0) is 25.9. The lowest BCUT2D eigenvalue weighted by Gasteiger charge is -2.19. The standard InChI is InChI=1S/C30H34O6/c1-21(2)18-33-26-14-10-24(11-15-26)29(31)35-20-28(23-8-6-5-7-9-23)36-30(32)25-12-16-27(17-13-25)34-19-22(3)4/h5-17,21-22,28H,18-20H2,1-4H3/t28-/m1/s1. The fraction of sp³-hybridized carbons (Fsp3) is 0.333. The molecule has 0 aromatic heterocycles. The molecule has 36 heavy (non-hydrogen) atoms. The van der Waals surface area contributed by atoms with Crippen LogP contribution in [0.5, 0.6) is 11.5 Å². The van der Waals surface area contributed by atoms with Gasteiger partial charge in [0.15, 0.2) is 6.10 Å².